The van der Waals surface area contributed by atoms with E-state index in [9.17, 15) is 0 Å². The van der Waals surface area contributed by atoms with Crippen LogP contribution in [-0.2, 0) is 10.8 Å². The molecule has 11 aromatic rings. The molecule has 1 atom stereocenters. The zero-order valence-electron chi connectivity index (χ0n) is 37.4. The zero-order chi connectivity index (χ0) is 45.3. The summed E-state index contributed by atoms with van der Waals surface area (Å²) in [5.41, 5.74) is 19.6. The van der Waals surface area contributed by atoms with Crippen molar-refractivity contribution in [2.45, 2.75) is 20.6 Å². The molecule has 2 heterocycles. The van der Waals surface area contributed by atoms with Crippen LogP contribution in [0.5, 0.6) is 11.5 Å². The first kappa shape index (κ1) is 38.7. The number of para-hydroxylation sites is 3. The Balaban J connectivity index is 1.06. The maximum absolute atomic E-state index is 6.76. The number of rotatable bonds is 4. The van der Waals surface area contributed by atoms with Crippen molar-refractivity contribution >= 4 is 39.6 Å². The van der Waals surface area contributed by atoms with E-state index in [0.717, 1.165) is 45.3 Å². The fraction of sp³-hybridized carbons (Fsp3) is 0.0303. The lowest BCUT2D eigenvalue weighted by molar-refractivity contribution is 0.436. The van der Waals surface area contributed by atoms with Crippen molar-refractivity contribution < 1.29 is 4.74 Å². The summed E-state index contributed by atoms with van der Waals surface area (Å²) in [5.74, 6) is 1.77. The fourth-order valence-electron chi connectivity index (χ4n) is 12.7. The highest BCUT2D eigenvalue weighted by Gasteiger charge is 2.53. The third-order valence-corrected chi connectivity index (χ3v) is 16.5. The van der Waals surface area contributed by atoms with E-state index in [2.05, 4.69) is 254 Å². The highest BCUT2D eigenvalue weighted by atomic mass is 32.2. The lowest BCUT2D eigenvalue weighted by Gasteiger charge is -2.40. The van der Waals surface area contributed by atoms with Gasteiger partial charge in [-0.15, -0.1) is 0 Å². The Morgan fingerprint density at radius 3 is 1.62 bits per heavy atom. The topological polar surface area (TPSA) is 12.5 Å². The highest BCUT2D eigenvalue weighted by molar-refractivity contribution is 7.99. The second-order valence-electron chi connectivity index (χ2n) is 18.6. The van der Waals surface area contributed by atoms with Gasteiger partial charge in [-0.3, -0.25) is 0 Å². The molecule has 4 aliphatic rings. The minimum absolute atomic E-state index is 0.571. The van der Waals surface area contributed by atoms with Crippen LogP contribution in [0.25, 0.3) is 44.2 Å². The highest BCUT2D eigenvalue weighted by Crippen LogP contribution is 2.66. The van der Waals surface area contributed by atoms with Crippen LogP contribution in [0.15, 0.2) is 259 Å². The van der Waals surface area contributed by atoms with Crippen LogP contribution in [0.4, 0.5) is 17.1 Å². The molecule has 2 nitrogen and oxygen atoms in total. The van der Waals surface area contributed by atoms with Gasteiger partial charge in [0, 0.05) is 37.7 Å². The number of benzene rings is 11. The lowest BCUT2D eigenvalue weighted by atomic mass is 9.66. The van der Waals surface area contributed by atoms with Gasteiger partial charge in [-0.25, -0.2) is 0 Å². The molecule has 322 valence electrons. The van der Waals surface area contributed by atoms with Crippen molar-refractivity contribution in [1.29, 1.82) is 0 Å². The first-order valence-electron chi connectivity index (χ1n) is 23.8. The van der Waals surface area contributed by atoms with Gasteiger partial charge in [0.15, 0.2) is 0 Å². The molecule has 15 rings (SSSR count). The minimum Gasteiger partial charge on any atom is -0.457 e. The number of hydrogen-bond donors (Lipinski definition) is 0. The van der Waals surface area contributed by atoms with Crippen molar-refractivity contribution in [3.8, 4) is 44.9 Å². The van der Waals surface area contributed by atoms with E-state index in [1.807, 2.05) is 11.8 Å². The SMILES string of the molecule is c1ccc(-c2ccccc2N(c2ccc3c(c2)C2(c4ccccc4Sc4cc5ccccc5cc42)c2ccccc2-3)c2cccc3c2-c2ccccc2C32c3ccccc3Oc3ccccc32)cc1. The van der Waals surface area contributed by atoms with Gasteiger partial charge < -0.3 is 9.64 Å². The number of fused-ring (bicyclic) bond motifs is 19. The van der Waals surface area contributed by atoms with E-state index in [1.54, 1.807) is 0 Å². The Bertz CT molecular complexity index is 3900. The summed E-state index contributed by atoms with van der Waals surface area (Å²) >= 11 is 1.90. The Kier molecular flexibility index (Phi) is 8.17. The standard InChI is InChI=1S/C66H41NOS/c1-2-19-42(20-3-1)46-23-8-14-32-58(46)67(59-33-18-31-55-64(59)49-25-7-10-27-51(49)65(55)52-28-11-15-34-60(52)68-61-35-16-12-29-53(61)65)45-37-38-48-47-24-6-9-26-50(47)66(56(48)41-45)54-30-13-17-36-62(54)69-63-40-44-22-5-4-21-43(44)39-57(63)66/h1-41H. The molecule has 0 fully saturated rings. The molecule has 0 saturated heterocycles. The van der Waals surface area contributed by atoms with Gasteiger partial charge in [-0.2, -0.15) is 0 Å². The number of nitrogens with zero attached hydrogens (tertiary/aromatic N) is 1. The van der Waals surface area contributed by atoms with Gasteiger partial charge in [-0.05, 0) is 121 Å². The second kappa shape index (κ2) is 14.6. The summed E-state index contributed by atoms with van der Waals surface area (Å²) in [6, 6.07) is 92.5. The van der Waals surface area contributed by atoms with E-state index < -0.39 is 10.8 Å². The molecule has 0 N–H and O–H groups in total. The van der Waals surface area contributed by atoms with Gasteiger partial charge in [0.2, 0.25) is 0 Å². The summed E-state index contributed by atoms with van der Waals surface area (Å²) in [5, 5.41) is 2.51. The van der Waals surface area contributed by atoms with E-state index in [4.69, 9.17) is 4.74 Å². The average Bonchev–Trinajstić information content (AvgIpc) is 3.87. The molecule has 69 heavy (non-hydrogen) atoms. The molecule has 2 aliphatic heterocycles. The Morgan fingerprint density at radius 2 is 0.855 bits per heavy atom. The fourth-order valence-corrected chi connectivity index (χ4v) is 13.9. The molecule has 0 aromatic heterocycles. The van der Waals surface area contributed by atoms with Crippen molar-refractivity contribution in [2.24, 2.45) is 0 Å². The van der Waals surface area contributed by atoms with Crippen molar-refractivity contribution in [3.05, 3.63) is 293 Å². The minimum atomic E-state index is -0.614. The normalized spacial score (nSPS) is 15.8. The summed E-state index contributed by atoms with van der Waals surface area (Å²) in [6.07, 6.45) is 0. The smallest absolute Gasteiger partial charge is 0.132 e. The monoisotopic (exact) mass is 895 g/mol. The first-order valence-corrected chi connectivity index (χ1v) is 24.6. The molecule has 0 radical (unpaired) electrons. The van der Waals surface area contributed by atoms with Crippen molar-refractivity contribution in [1.82, 2.24) is 0 Å². The van der Waals surface area contributed by atoms with Crippen LogP contribution in [0.1, 0.15) is 44.5 Å². The van der Waals surface area contributed by atoms with E-state index in [-0.39, 0.29) is 0 Å². The molecular weight excluding hydrogens is 855 g/mol. The van der Waals surface area contributed by atoms with Crippen LogP contribution in [0, 0.1) is 0 Å². The summed E-state index contributed by atoms with van der Waals surface area (Å²) in [4.78, 5) is 5.15. The van der Waals surface area contributed by atoms with E-state index in [1.165, 1.54) is 81.8 Å². The quantitative estimate of drug-likeness (QED) is 0.175. The molecule has 2 spiro atoms. The van der Waals surface area contributed by atoms with Crippen LogP contribution in [0.3, 0.4) is 0 Å². The zero-order valence-corrected chi connectivity index (χ0v) is 38.3. The third-order valence-electron chi connectivity index (χ3n) is 15.4. The predicted octanol–water partition coefficient (Wildman–Crippen LogP) is 17.3. The predicted molar refractivity (Wildman–Crippen MR) is 283 cm³/mol. The third kappa shape index (κ3) is 5.17. The Hall–Kier alpha value is -8.37. The molecule has 3 heteroatoms. The first-order chi connectivity index (χ1) is 34.2. The van der Waals surface area contributed by atoms with Crippen LogP contribution in [-0.4, -0.2) is 0 Å². The molecule has 0 saturated carbocycles. The summed E-state index contributed by atoms with van der Waals surface area (Å²) in [6.45, 7) is 0. The van der Waals surface area contributed by atoms with Gasteiger partial charge >= 0.3 is 0 Å². The largest absolute Gasteiger partial charge is 0.457 e. The summed E-state index contributed by atoms with van der Waals surface area (Å²) in [7, 11) is 0. The molecule has 0 bridgehead atoms. The summed E-state index contributed by atoms with van der Waals surface area (Å²) < 4.78 is 6.76. The van der Waals surface area contributed by atoms with Gasteiger partial charge in [0.25, 0.3) is 0 Å². The number of hydrogen-bond acceptors (Lipinski definition) is 3. The van der Waals surface area contributed by atoms with E-state index >= 15 is 0 Å². The number of anilines is 3. The van der Waals surface area contributed by atoms with Crippen LogP contribution < -0.4 is 9.64 Å². The Morgan fingerprint density at radius 1 is 0.319 bits per heavy atom. The van der Waals surface area contributed by atoms with Gasteiger partial charge in [0.1, 0.15) is 11.5 Å². The van der Waals surface area contributed by atoms with Gasteiger partial charge in [0.05, 0.1) is 22.2 Å². The molecule has 1 unspecified atom stereocenters. The lowest BCUT2D eigenvalue weighted by Crippen LogP contribution is -2.32. The molecule has 0 amide bonds. The molecule has 11 aromatic carbocycles. The Labute approximate surface area is 405 Å². The van der Waals surface area contributed by atoms with Crippen LogP contribution >= 0.6 is 11.8 Å². The maximum atomic E-state index is 6.76. The van der Waals surface area contributed by atoms with E-state index in [0.29, 0.717) is 0 Å². The van der Waals surface area contributed by atoms with Crippen molar-refractivity contribution in [2.75, 3.05) is 4.90 Å². The maximum Gasteiger partial charge on any atom is 0.132 e. The molecular formula is C66H41NOS. The average molecular weight is 896 g/mol. The second-order valence-corrected chi connectivity index (χ2v) is 19.7. The van der Waals surface area contributed by atoms with Crippen LogP contribution in [0.2, 0.25) is 0 Å². The van der Waals surface area contributed by atoms with Gasteiger partial charge in [-0.1, -0.05) is 206 Å². The molecule has 2 aliphatic carbocycles. The number of ether oxygens (including phenoxy) is 1. The van der Waals surface area contributed by atoms with Crippen molar-refractivity contribution in [3.63, 3.8) is 0 Å².